The Kier molecular flexibility index (Phi) is 4.58. The number of amides is 1. The van der Waals surface area contributed by atoms with Crippen molar-refractivity contribution >= 4 is 22.6 Å². The minimum atomic E-state index is -0.474. The van der Waals surface area contributed by atoms with Gasteiger partial charge in [0.05, 0.1) is 28.6 Å². The number of anilines is 1. The van der Waals surface area contributed by atoms with Gasteiger partial charge in [-0.15, -0.1) is 0 Å². The van der Waals surface area contributed by atoms with Gasteiger partial charge in [-0.1, -0.05) is 0 Å². The van der Waals surface area contributed by atoms with E-state index in [0.29, 0.717) is 50.9 Å². The Bertz CT molecular complexity index is 1470. The molecule has 5 aromatic rings. The highest BCUT2D eigenvalue weighted by molar-refractivity contribution is 6.13. The van der Waals surface area contributed by atoms with Gasteiger partial charge < -0.3 is 14.3 Å². The maximum Gasteiger partial charge on any atom is 0.256 e. The number of carbonyl (C=O) groups is 1. The van der Waals surface area contributed by atoms with Crippen molar-refractivity contribution in [2.75, 3.05) is 5.32 Å². The number of nitrogens with one attached hydrogen (secondary N) is 1. The number of pyridine rings is 1. The topological polar surface area (TPSA) is 90.8 Å². The number of aryl methyl sites for hydroxylation is 3. The Morgan fingerprint density at radius 2 is 2.03 bits per heavy atom. The summed E-state index contributed by atoms with van der Waals surface area (Å²) in [4.78, 5) is 22.0. The van der Waals surface area contributed by atoms with E-state index in [2.05, 4.69) is 20.4 Å². The molecule has 5 rings (SSSR count). The molecule has 0 aliphatic heterocycles. The zero-order valence-corrected chi connectivity index (χ0v) is 17.6. The number of nitrogens with zero attached hydrogens (tertiary/aromatic N) is 5. The molecule has 0 unspecified atom stereocenters. The van der Waals surface area contributed by atoms with Gasteiger partial charge >= 0.3 is 0 Å². The van der Waals surface area contributed by atoms with Crippen molar-refractivity contribution in [2.45, 2.75) is 13.8 Å². The molecule has 8 nitrogen and oxygen atoms in total. The smallest absolute Gasteiger partial charge is 0.256 e. The van der Waals surface area contributed by atoms with Crippen molar-refractivity contribution in [2.24, 2.45) is 7.05 Å². The standard InChI is InChI=1S/C23H19FN6O2/c1-13-21-16(12-18(20-5-4-10-32-20)27-22(21)29(3)28-13)23(31)26-15-6-7-19(17(24)11-15)30-9-8-25-14(30)2/h4-12H,1-3H3,(H,26,31). The molecular weight excluding hydrogens is 411 g/mol. The number of fused-ring (bicyclic) bond motifs is 1. The number of carbonyl (C=O) groups excluding carboxylic acids is 1. The molecule has 32 heavy (non-hydrogen) atoms. The highest BCUT2D eigenvalue weighted by Crippen LogP contribution is 2.28. The second-order valence-electron chi connectivity index (χ2n) is 7.40. The van der Waals surface area contributed by atoms with Crippen molar-refractivity contribution in [3.05, 3.63) is 78.0 Å². The fraction of sp³-hybridized carbons (Fsp3) is 0.130. The van der Waals surface area contributed by atoms with Crippen LogP contribution in [0.3, 0.4) is 0 Å². The second kappa shape index (κ2) is 7.45. The van der Waals surface area contributed by atoms with Crippen LogP contribution in [0.25, 0.3) is 28.2 Å². The molecular formula is C23H19FN6O2. The maximum atomic E-state index is 14.8. The Hall–Kier alpha value is -4.27. The lowest BCUT2D eigenvalue weighted by Crippen LogP contribution is -2.14. The van der Waals surface area contributed by atoms with Crippen LogP contribution in [0.2, 0.25) is 0 Å². The number of hydrogen-bond donors (Lipinski definition) is 1. The molecule has 0 saturated carbocycles. The molecule has 1 aromatic carbocycles. The first-order chi connectivity index (χ1) is 15.4. The van der Waals surface area contributed by atoms with Crippen molar-refractivity contribution in [1.82, 2.24) is 24.3 Å². The molecule has 0 radical (unpaired) electrons. The van der Waals surface area contributed by atoms with Gasteiger partial charge in [0, 0.05) is 25.1 Å². The van der Waals surface area contributed by atoms with Gasteiger partial charge in [0.2, 0.25) is 0 Å². The molecule has 0 fully saturated rings. The van der Waals surface area contributed by atoms with Crippen LogP contribution in [0.5, 0.6) is 0 Å². The fourth-order valence-corrected chi connectivity index (χ4v) is 3.79. The predicted octanol–water partition coefficient (Wildman–Crippen LogP) is 4.42. The number of halogens is 1. The highest BCUT2D eigenvalue weighted by atomic mass is 19.1. The third-order valence-electron chi connectivity index (χ3n) is 5.28. The van der Waals surface area contributed by atoms with Crippen LogP contribution in [-0.4, -0.2) is 30.2 Å². The third kappa shape index (κ3) is 3.24. The molecule has 160 valence electrons. The minimum Gasteiger partial charge on any atom is -0.463 e. The van der Waals surface area contributed by atoms with Gasteiger partial charge in [-0.2, -0.15) is 5.10 Å². The molecule has 0 spiro atoms. The van der Waals surface area contributed by atoms with E-state index in [1.807, 2.05) is 6.92 Å². The minimum absolute atomic E-state index is 0.333. The van der Waals surface area contributed by atoms with E-state index in [9.17, 15) is 9.18 Å². The summed E-state index contributed by atoms with van der Waals surface area (Å²) in [5.41, 5.74) is 2.80. The quantitative estimate of drug-likeness (QED) is 0.456. The Morgan fingerprint density at radius 3 is 2.72 bits per heavy atom. The molecule has 4 aromatic heterocycles. The van der Waals surface area contributed by atoms with Gasteiger partial charge in [0.25, 0.3) is 5.91 Å². The zero-order valence-electron chi connectivity index (χ0n) is 17.6. The average Bonchev–Trinajstić information content (AvgIpc) is 3.50. The van der Waals surface area contributed by atoms with Crippen LogP contribution >= 0.6 is 0 Å². The number of aromatic nitrogens is 5. The van der Waals surface area contributed by atoms with Gasteiger partial charge in [0.15, 0.2) is 11.4 Å². The summed E-state index contributed by atoms with van der Waals surface area (Å²) < 4.78 is 23.5. The van der Waals surface area contributed by atoms with Crippen LogP contribution < -0.4 is 5.32 Å². The fourth-order valence-electron chi connectivity index (χ4n) is 3.79. The van der Waals surface area contributed by atoms with Crippen LogP contribution in [-0.2, 0) is 7.05 Å². The van der Waals surface area contributed by atoms with E-state index in [-0.39, 0.29) is 0 Å². The molecule has 9 heteroatoms. The van der Waals surface area contributed by atoms with Gasteiger partial charge in [0.1, 0.15) is 17.3 Å². The van der Waals surface area contributed by atoms with Crippen LogP contribution in [0.4, 0.5) is 10.1 Å². The number of imidazole rings is 1. The summed E-state index contributed by atoms with van der Waals surface area (Å²) in [7, 11) is 1.77. The molecule has 0 aliphatic carbocycles. The zero-order chi connectivity index (χ0) is 22.4. The lowest BCUT2D eigenvalue weighted by atomic mass is 10.1. The van der Waals surface area contributed by atoms with Crippen molar-refractivity contribution < 1.29 is 13.6 Å². The third-order valence-corrected chi connectivity index (χ3v) is 5.28. The normalized spacial score (nSPS) is 11.2. The second-order valence-corrected chi connectivity index (χ2v) is 7.40. The summed E-state index contributed by atoms with van der Waals surface area (Å²) in [6, 6.07) is 9.72. The molecule has 0 atom stereocenters. The average molecular weight is 430 g/mol. The summed E-state index contributed by atoms with van der Waals surface area (Å²) in [6.45, 7) is 3.60. The van der Waals surface area contributed by atoms with Crippen LogP contribution in [0.1, 0.15) is 21.9 Å². The first-order valence-electron chi connectivity index (χ1n) is 9.92. The van der Waals surface area contributed by atoms with Crippen molar-refractivity contribution in [1.29, 1.82) is 0 Å². The summed E-state index contributed by atoms with van der Waals surface area (Å²) in [5.74, 6) is 0.327. The first-order valence-corrected chi connectivity index (χ1v) is 9.92. The number of benzene rings is 1. The highest BCUT2D eigenvalue weighted by Gasteiger charge is 2.20. The van der Waals surface area contributed by atoms with E-state index < -0.39 is 11.7 Å². The van der Waals surface area contributed by atoms with Gasteiger partial charge in [-0.05, 0) is 50.2 Å². The van der Waals surface area contributed by atoms with Gasteiger partial charge in [-0.25, -0.2) is 14.4 Å². The molecule has 0 aliphatic rings. The Labute approximate surface area is 182 Å². The first kappa shape index (κ1) is 19.7. The van der Waals surface area contributed by atoms with E-state index >= 15 is 0 Å². The maximum absolute atomic E-state index is 14.8. The lowest BCUT2D eigenvalue weighted by molar-refractivity contribution is 0.102. The molecule has 1 amide bonds. The van der Waals surface area contributed by atoms with E-state index in [0.717, 1.165) is 0 Å². The van der Waals surface area contributed by atoms with Crippen molar-refractivity contribution in [3.8, 4) is 17.1 Å². The SMILES string of the molecule is Cc1nn(C)c2nc(-c3ccco3)cc(C(=O)Nc3ccc(-n4ccnc4C)c(F)c3)c12. The van der Waals surface area contributed by atoms with E-state index in [1.165, 1.54) is 6.07 Å². The summed E-state index contributed by atoms with van der Waals surface area (Å²) in [5, 5.41) is 7.82. The largest absolute Gasteiger partial charge is 0.463 e. The number of hydrogen-bond acceptors (Lipinski definition) is 5. The molecule has 0 saturated heterocycles. The number of rotatable bonds is 4. The summed E-state index contributed by atoms with van der Waals surface area (Å²) >= 11 is 0. The van der Waals surface area contributed by atoms with Gasteiger partial charge in [-0.3, -0.25) is 9.48 Å². The van der Waals surface area contributed by atoms with E-state index in [1.54, 1.807) is 72.2 Å². The summed E-state index contributed by atoms with van der Waals surface area (Å²) in [6.07, 6.45) is 4.83. The lowest BCUT2D eigenvalue weighted by Gasteiger charge is -2.11. The monoisotopic (exact) mass is 430 g/mol. The van der Waals surface area contributed by atoms with Crippen LogP contribution in [0, 0.1) is 19.7 Å². The molecule has 1 N–H and O–H groups in total. The van der Waals surface area contributed by atoms with Crippen LogP contribution in [0.15, 0.2) is 59.5 Å². The van der Waals surface area contributed by atoms with E-state index in [4.69, 9.17) is 4.42 Å². The molecule has 0 bridgehead atoms. The Balaban J connectivity index is 1.54. The number of furan rings is 1. The van der Waals surface area contributed by atoms with Crippen molar-refractivity contribution in [3.63, 3.8) is 0 Å². The Morgan fingerprint density at radius 1 is 1.19 bits per heavy atom. The predicted molar refractivity (Wildman–Crippen MR) is 117 cm³/mol. The molecule has 4 heterocycles.